The first-order valence-corrected chi connectivity index (χ1v) is 8.56. The van der Waals surface area contributed by atoms with Crippen molar-refractivity contribution in [1.29, 1.82) is 0 Å². The fourth-order valence-electron chi connectivity index (χ4n) is 5.15. The molecule has 2 aromatic heterocycles. The third-order valence-corrected chi connectivity index (χ3v) is 6.02. The summed E-state index contributed by atoms with van der Waals surface area (Å²) in [7, 11) is 4.33. The molecule has 0 aromatic carbocycles. The lowest BCUT2D eigenvalue weighted by molar-refractivity contribution is 0.0136. The average molecular weight is 313 g/mol. The molecule has 23 heavy (non-hydrogen) atoms. The maximum atomic E-state index is 6.52. The summed E-state index contributed by atoms with van der Waals surface area (Å²) in [6.07, 6.45) is 6.48. The number of hydrogen-bond donors (Lipinski definition) is 0. The molecule has 5 heteroatoms. The van der Waals surface area contributed by atoms with Crippen molar-refractivity contribution in [3.63, 3.8) is 0 Å². The molecule has 3 fully saturated rings. The molecular weight excluding hydrogens is 290 g/mol. The molecule has 3 aliphatic heterocycles. The number of anilines is 1. The second kappa shape index (κ2) is 4.71. The Bertz CT molecular complexity index is 743. The van der Waals surface area contributed by atoms with E-state index in [1.807, 2.05) is 18.3 Å². The predicted octanol–water partition coefficient (Wildman–Crippen LogP) is 2.37. The Morgan fingerprint density at radius 3 is 3.17 bits per heavy atom. The third kappa shape index (κ3) is 1.90. The molecule has 0 aliphatic carbocycles. The Balaban J connectivity index is 1.49. The van der Waals surface area contributed by atoms with Gasteiger partial charge in [0.25, 0.3) is 0 Å². The zero-order valence-corrected chi connectivity index (χ0v) is 13.7. The van der Waals surface area contributed by atoms with Crippen LogP contribution in [0.1, 0.15) is 12.8 Å². The SMILES string of the molecule is CN(C)C[C@H]1[C@@H]2CC[C@@]3(CN(c4nccc5occc45)C[C@@H]13)O2. The van der Waals surface area contributed by atoms with Gasteiger partial charge < -0.3 is 19.0 Å². The van der Waals surface area contributed by atoms with Gasteiger partial charge in [-0.15, -0.1) is 0 Å². The number of hydrogen-bond acceptors (Lipinski definition) is 5. The summed E-state index contributed by atoms with van der Waals surface area (Å²) in [5.74, 6) is 2.32. The number of furan rings is 1. The number of rotatable bonds is 3. The van der Waals surface area contributed by atoms with E-state index in [-0.39, 0.29) is 5.60 Å². The zero-order chi connectivity index (χ0) is 15.6. The van der Waals surface area contributed by atoms with Crippen LogP contribution in [-0.4, -0.2) is 55.3 Å². The number of aromatic nitrogens is 1. The Hall–Kier alpha value is -1.59. The van der Waals surface area contributed by atoms with Gasteiger partial charge in [-0.05, 0) is 39.1 Å². The topological polar surface area (TPSA) is 41.7 Å². The highest BCUT2D eigenvalue weighted by atomic mass is 16.5. The summed E-state index contributed by atoms with van der Waals surface area (Å²) in [6, 6.07) is 3.96. The zero-order valence-electron chi connectivity index (χ0n) is 13.7. The van der Waals surface area contributed by atoms with Crippen molar-refractivity contribution >= 4 is 16.8 Å². The van der Waals surface area contributed by atoms with E-state index in [4.69, 9.17) is 9.15 Å². The van der Waals surface area contributed by atoms with Crippen LogP contribution in [-0.2, 0) is 4.74 Å². The first kappa shape index (κ1) is 13.8. The van der Waals surface area contributed by atoms with Crippen molar-refractivity contribution in [2.24, 2.45) is 11.8 Å². The molecule has 4 atom stereocenters. The van der Waals surface area contributed by atoms with Crippen LogP contribution in [0.3, 0.4) is 0 Å². The molecule has 5 heterocycles. The summed E-state index contributed by atoms with van der Waals surface area (Å²) in [6.45, 7) is 3.13. The second-order valence-corrected chi connectivity index (χ2v) is 7.64. The highest BCUT2D eigenvalue weighted by molar-refractivity contribution is 5.88. The molecule has 2 bridgehead atoms. The highest BCUT2D eigenvalue weighted by Crippen LogP contribution is 2.55. The van der Waals surface area contributed by atoms with Gasteiger partial charge in [0.15, 0.2) is 0 Å². The first-order valence-electron chi connectivity index (χ1n) is 8.56. The van der Waals surface area contributed by atoms with Crippen LogP contribution in [0.5, 0.6) is 0 Å². The minimum absolute atomic E-state index is 0.0545. The van der Waals surface area contributed by atoms with Crippen molar-refractivity contribution in [2.45, 2.75) is 24.5 Å². The fourth-order valence-corrected chi connectivity index (χ4v) is 5.15. The predicted molar refractivity (Wildman–Crippen MR) is 88.6 cm³/mol. The minimum atomic E-state index is 0.0545. The van der Waals surface area contributed by atoms with Crippen LogP contribution in [0, 0.1) is 11.8 Å². The molecule has 5 rings (SSSR count). The highest BCUT2D eigenvalue weighted by Gasteiger charge is 2.63. The average Bonchev–Trinajstić information content (AvgIpc) is 3.26. The molecule has 0 radical (unpaired) electrons. The third-order valence-electron chi connectivity index (χ3n) is 6.02. The molecule has 0 saturated carbocycles. The molecule has 3 saturated heterocycles. The van der Waals surface area contributed by atoms with Gasteiger partial charge in [0.2, 0.25) is 0 Å². The molecular formula is C18H23N3O2. The van der Waals surface area contributed by atoms with Crippen molar-refractivity contribution in [3.05, 3.63) is 24.6 Å². The van der Waals surface area contributed by atoms with Gasteiger partial charge in [0.1, 0.15) is 11.4 Å². The monoisotopic (exact) mass is 313 g/mol. The Labute approximate surface area is 136 Å². The van der Waals surface area contributed by atoms with Gasteiger partial charge >= 0.3 is 0 Å². The maximum absolute atomic E-state index is 6.52. The van der Waals surface area contributed by atoms with E-state index in [1.54, 1.807) is 6.26 Å². The summed E-state index contributed by atoms with van der Waals surface area (Å²) in [4.78, 5) is 9.38. The van der Waals surface area contributed by atoms with E-state index in [1.165, 1.54) is 12.8 Å². The number of ether oxygens (including phenoxy) is 1. The molecule has 0 N–H and O–H groups in total. The quantitative estimate of drug-likeness (QED) is 0.870. The van der Waals surface area contributed by atoms with E-state index in [0.29, 0.717) is 17.9 Å². The minimum Gasteiger partial charge on any atom is -0.464 e. The molecule has 0 unspecified atom stereocenters. The number of nitrogens with zero attached hydrogens (tertiary/aromatic N) is 3. The van der Waals surface area contributed by atoms with E-state index in [2.05, 4.69) is 28.9 Å². The van der Waals surface area contributed by atoms with Gasteiger partial charge in [-0.1, -0.05) is 0 Å². The van der Waals surface area contributed by atoms with Gasteiger partial charge in [0, 0.05) is 37.7 Å². The van der Waals surface area contributed by atoms with Gasteiger partial charge in [-0.3, -0.25) is 0 Å². The summed E-state index contributed by atoms with van der Waals surface area (Å²) in [5.41, 5.74) is 0.971. The number of pyridine rings is 1. The molecule has 122 valence electrons. The Morgan fingerprint density at radius 2 is 2.30 bits per heavy atom. The normalized spacial score (nSPS) is 35.6. The largest absolute Gasteiger partial charge is 0.464 e. The van der Waals surface area contributed by atoms with E-state index in [9.17, 15) is 0 Å². The van der Waals surface area contributed by atoms with Crippen LogP contribution in [0.15, 0.2) is 29.0 Å². The maximum Gasteiger partial charge on any atom is 0.139 e. The standard InChI is InChI=1S/C18H23N3O2/c1-20(2)9-13-14-10-21(11-18(14)6-3-16(13)23-18)17-12-5-8-22-15(12)4-7-19-17/h4-5,7-8,13-14,16H,3,6,9-11H2,1-2H3/t13-,14+,16+,18+/m1/s1. The van der Waals surface area contributed by atoms with Crippen LogP contribution >= 0.6 is 0 Å². The lowest BCUT2D eigenvalue weighted by atomic mass is 9.73. The molecule has 0 amide bonds. The Kier molecular flexibility index (Phi) is 2.83. The van der Waals surface area contributed by atoms with Crippen molar-refractivity contribution in [1.82, 2.24) is 9.88 Å². The van der Waals surface area contributed by atoms with Crippen LogP contribution in [0.4, 0.5) is 5.82 Å². The molecule has 3 aliphatic rings. The van der Waals surface area contributed by atoms with E-state index >= 15 is 0 Å². The second-order valence-electron chi connectivity index (χ2n) is 7.64. The van der Waals surface area contributed by atoms with E-state index < -0.39 is 0 Å². The lowest BCUT2D eigenvalue weighted by Gasteiger charge is -2.30. The Morgan fingerprint density at radius 1 is 1.39 bits per heavy atom. The summed E-state index contributed by atoms with van der Waals surface area (Å²) in [5, 5.41) is 1.11. The molecule has 5 nitrogen and oxygen atoms in total. The fraction of sp³-hybridized carbons (Fsp3) is 0.611. The van der Waals surface area contributed by atoms with Crippen molar-refractivity contribution < 1.29 is 9.15 Å². The van der Waals surface area contributed by atoms with Crippen LogP contribution in [0.2, 0.25) is 0 Å². The van der Waals surface area contributed by atoms with Gasteiger partial charge in [0.05, 0.1) is 23.4 Å². The summed E-state index contributed by atoms with van der Waals surface area (Å²) >= 11 is 0. The van der Waals surface area contributed by atoms with E-state index in [0.717, 1.165) is 36.4 Å². The van der Waals surface area contributed by atoms with Gasteiger partial charge in [-0.2, -0.15) is 0 Å². The van der Waals surface area contributed by atoms with Crippen LogP contribution < -0.4 is 4.90 Å². The molecule has 2 aromatic rings. The van der Waals surface area contributed by atoms with Crippen molar-refractivity contribution in [3.8, 4) is 0 Å². The number of fused-ring (bicyclic) bond motifs is 2. The first-order chi connectivity index (χ1) is 11.2. The van der Waals surface area contributed by atoms with Crippen molar-refractivity contribution in [2.75, 3.05) is 38.6 Å². The van der Waals surface area contributed by atoms with Crippen LogP contribution in [0.25, 0.3) is 11.0 Å². The van der Waals surface area contributed by atoms with Gasteiger partial charge in [-0.25, -0.2) is 4.98 Å². The lowest BCUT2D eigenvalue weighted by Crippen LogP contribution is -2.40. The molecule has 1 spiro atoms. The summed E-state index contributed by atoms with van der Waals surface area (Å²) < 4.78 is 12.1. The smallest absolute Gasteiger partial charge is 0.139 e.